The number of likely N-dealkylation sites (N-methyl/N-ethyl adjacent to an activating group) is 1. The van der Waals surface area contributed by atoms with Gasteiger partial charge in [0.2, 0.25) is 0 Å². The monoisotopic (exact) mass is 227 g/mol. The maximum atomic E-state index is 11.9. The lowest BCUT2D eigenvalue weighted by Crippen LogP contribution is -2.47. The van der Waals surface area contributed by atoms with Crippen LogP contribution in [-0.4, -0.2) is 58.5 Å². The van der Waals surface area contributed by atoms with Gasteiger partial charge in [-0.1, -0.05) is 4.49 Å². The summed E-state index contributed by atoms with van der Waals surface area (Å²) in [4.78, 5) is 15.9. The third-order valence-corrected chi connectivity index (χ3v) is 3.06. The molecule has 2 heterocycles. The zero-order valence-corrected chi connectivity index (χ0v) is 9.33. The molecule has 1 aromatic heterocycles. The van der Waals surface area contributed by atoms with E-state index in [4.69, 9.17) is 5.73 Å². The van der Waals surface area contributed by atoms with Crippen molar-refractivity contribution in [3.05, 3.63) is 5.69 Å². The van der Waals surface area contributed by atoms with Crippen LogP contribution in [0.2, 0.25) is 0 Å². The third-order valence-electron chi connectivity index (χ3n) is 2.51. The molecule has 0 unspecified atom stereocenters. The van der Waals surface area contributed by atoms with Crippen molar-refractivity contribution in [1.29, 1.82) is 0 Å². The minimum atomic E-state index is -0.102. The minimum Gasteiger partial charge on any atom is -0.387 e. The summed E-state index contributed by atoms with van der Waals surface area (Å²) < 4.78 is 3.66. The predicted molar refractivity (Wildman–Crippen MR) is 57.7 cm³/mol. The minimum absolute atomic E-state index is 0.102. The number of carbonyl (C=O) groups is 1. The SMILES string of the molecule is CN1CCN(C(=O)c2nnsc2N)CC1. The van der Waals surface area contributed by atoms with Gasteiger partial charge in [0.1, 0.15) is 5.00 Å². The Morgan fingerprint density at radius 3 is 2.60 bits per heavy atom. The first-order valence-corrected chi connectivity index (χ1v) is 5.51. The van der Waals surface area contributed by atoms with Gasteiger partial charge in [-0.3, -0.25) is 4.79 Å². The van der Waals surface area contributed by atoms with Gasteiger partial charge in [-0.05, 0) is 7.05 Å². The Kier molecular flexibility index (Phi) is 2.83. The lowest BCUT2D eigenvalue weighted by atomic mass is 10.3. The van der Waals surface area contributed by atoms with Crippen LogP contribution in [0.1, 0.15) is 10.5 Å². The predicted octanol–water partition coefficient (Wildman–Crippen LogP) is -0.492. The van der Waals surface area contributed by atoms with Gasteiger partial charge >= 0.3 is 0 Å². The summed E-state index contributed by atoms with van der Waals surface area (Å²) in [6, 6.07) is 0. The molecule has 1 fully saturated rings. The average molecular weight is 227 g/mol. The molecular weight excluding hydrogens is 214 g/mol. The molecule has 0 aliphatic carbocycles. The van der Waals surface area contributed by atoms with E-state index < -0.39 is 0 Å². The fraction of sp³-hybridized carbons (Fsp3) is 0.625. The van der Waals surface area contributed by atoms with Crippen molar-refractivity contribution < 1.29 is 4.79 Å². The molecule has 1 aromatic rings. The van der Waals surface area contributed by atoms with Crippen LogP contribution in [0, 0.1) is 0 Å². The van der Waals surface area contributed by atoms with Crippen molar-refractivity contribution in [3.63, 3.8) is 0 Å². The largest absolute Gasteiger partial charge is 0.387 e. The van der Waals surface area contributed by atoms with E-state index >= 15 is 0 Å². The molecule has 6 nitrogen and oxygen atoms in total. The van der Waals surface area contributed by atoms with Crippen LogP contribution >= 0.6 is 11.5 Å². The van der Waals surface area contributed by atoms with E-state index in [1.54, 1.807) is 4.90 Å². The van der Waals surface area contributed by atoms with Gasteiger partial charge in [0.05, 0.1) is 0 Å². The van der Waals surface area contributed by atoms with E-state index in [1.807, 2.05) is 7.05 Å². The first-order chi connectivity index (χ1) is 7.18. The van der Waals surface area contributed by atoms with Crippen LogP contribution in [0.15, 0.2) is 0 Å². The number of hydrogen-bond donors (Lipinski definition) is 1. The maximum Gasteiger partial charge on any atom is 0.277 e. The molecular formula is C8H13N5OS. The van der Waals surface area contributed by atoms with Crippen molar-refractivity contribution in [3.8, 4) is 0 Å². The molecule has 0 saturated carbocycles. The standard InChI is InChI=1S/C8H13N5OS/c1-12-2-4-13(5-3-12)8(14)6-7(9)15-11-10-6/h2-5,9H2,1H3. The highest BCUT2D eigenvalue weighted by Gasteiger charge is 2.24. The molecule has 1 amide bonds. The topological polar surface area (TPSA) is 75.3 Å². The van der Waals surface area contributed by atoms with Gasteiger partial charge in [-0.15, -0.1) is 5.10 Å². The summed E-state index contributed by atoms with van der Waals surface area (Å²) in [6.45, 7) is 3.24. The molecule has 1 saturated heterocycles. The highest BCUT2D eigenvalue weighted by molar-refractivity contribution is 7.10. The normalized spacial score (nSPS) is 18.1. The number of aromatic nitrogens is 2. The summed E-state index contributed by atoms with van der Waals surface area (Å²) in [7, 11) is 2.04. The zero-order valence-electron chi connectivity index (χ0n) is 8.51. The molecule has 0 spiro atoms. The Hall–Kier alpha value is -1.21. The van der Waals surface area contributed by atoms with E-state index in [0.29, 0.717) is 10.7 Å². The second kappa shape index (κ2) is 4.11. The van der Waals surface area contributed by atoms with Crippen LogP contribution in [0.5, 0.6) is 0 Å². The van der Waals surface area contributed by atoms with Crippen molar-refractivity contribution in [2.24, 2.45) is 0 Å². The summed E-state index contributed by atoms with van der Waals surface area (Å²) in [5, 5.41) is 4.15. The summed E-state index contributed by atoms with van der Waals surface area (Å²) in [5.74, 6) is -0.102. The van der Waals surface area contributed by atoms with E-state index in [2.05, 4.69) is 14.5 Å². The quantitative estimate of drug-likeness (QED) is 0.700. The molecule has 2 N–H and O–H groups in total. The smallest absolute Gasteiger partial charge is 0.277 e. The Labute approximate surface area is 91.8 Å². The van der Waals surface area contributed by atoms with Gasteiger partial charge in [0.25, 0.3) is 5.91 Å². The highest BCUT2D eigenvalue weighted by Crippen LogP contribution is 2.15. The Morgan fingerprint density at radius 1 is 1.40 bits per heavy atom. The van der Waals surface area contributed by atoms with Gasteiger partial charge < -0.3 is 15.5 Å². The molecule has 0 atom stereocenters. The summed E-state index contributed by atoms with van der Waals surface area (Å²) >= 11 is 1.06. The fourth-order valence-corrected chi connectivity index (χ4v) is 1.93. The second-order valence-electron chi connectivity index (χ2n) is 3.58. The van der Waals surface area contributed by atoms with Gasteiger partial charge in [0.15, 0.2) is 5.69 Å². The Bertz CT molecular complexity index is 358. The van der Waals surface area contributed by atoms with E-state index in [1.165, 1.54) is 0 Å². The maximum absolute atomic E-state index is 11.9. The third kappa shape index (κ3) is 2.07. The van der Waals surface area contributed by atoms with Crippen LogP contribution in [-0.2, 0) is 0 Å². The molecule has 1 aliphatic heterocycles. The summed E-state index contributed by atoms with van der Waals surface area (Å²) in [6.07, 6.45) is 0. The number of amides is 1. The molecule has 7 heteroatoms. The van der Waals surface area contributed by atoms with Crippen molar-refractivity contribution in [2.75, 3.05) is 39.0 Å². The number of hydrogen-bond acceptors (Lipinski definition) is 6. The lowest BCUT2D eigenvalue weighted by molar-refractivity contribution is 0.0659. The molecule has 2 rings (SSSR count). The van der Waals surface area contributed by atoms with Crippen molar-refractivity contribution in [2.45, 2.75) is 0 Å². The second-order valence-corrected chi connectivity index (χ2v) is 4.37. The van der Waals surface area contributed by atoms with Crippen LogP contribution in [0.25, 0.3) is 0 Å². The molecule has 82 valence electrons. The summed E-state index contributed by atoms with van der Waals surface area (Å²) in [5.41, 5.74) is 5.91. The number of nitrogens with two attached hydrogens (primary N) is 1. The average Bonchev–Trinajstić information content (AvgIpc) is 2.65. The Morgan fingerprint density at radius 2 is 2.07 bits per heavy atom. The number of rotatable bonds is 1. The van der Waals surface area contributed by atoms with E-state index in [9.17, 15) is 4.79 Å². The van der Waals surface area contributed by atoms with Crippen LogP contribution in [0.4, 0.5) is 5.00 Å². The number of carbonyl (C=O) groups excluding carboxylic acids is 1. The molecule has 0 bridgehead atoms. The number of anilines is 1. The molecule has 0 radical (unpaired) electrons. The van der Waals surface area contributed by atoms with Gasteiger partial charge in [0, 0.05) is 37.7 Å². The zero-order chi connectivity index (χ0) is 10.8. The van der Waals surface area contributed by atoms with Crippen molar-refractivity contribution in [1.82, 2.24) is 19.4 Å². The number of nitrogen functional groups attached to an aromatic ring is 1. The van der Waals surface area contributed by atoms with E-state index in [0.717, 1.165) is 37.7 Å². The van der Waals surface area contributed by atoms with Gasteiger partial charge in [-0.25, -0.2) is 0 Å². The fourth-order valence-electron chi connectivity index (χ4n) is 1.51. The first kappa shape index (κ1) is 10.3. The number of piperazine rings is 1. The molecule has 15 heavy (non-hydrogen) atoms. The molecule has 0 aromatic carbocycles. The lowest BCUT2D eigenvalue weighted by Gasteiger charge is -2.31. The molecule has 1 aliphatic rings. The number of nitrogens with zero attached hydrogens (tertiary/aromatic N) is 4. The van der Waals surface area contributed by atoms with E-state index in [-0.39, 0.29) is 5.91 Å². The van der Waals surface area contributed by atoms with Crippen molar-refractivity contribution >= 4 is 22.4 Å². The Balaban J connectivity index is 2.06. The highest BCUT2D eigenvalue weighted by atomic mass is 32.1. The first-order valence-electron chi connectivity index (χ1n) is 4.74. The van der Waals surface area contributed by atoms with Crippen LogP contribution in [0.3, 0.4) is 0 Å². The van der Waals surface area contributed by atoms with Crippen LogP contribution < -0.4 is 5.73 Å². The van der Waals surface area contributed by atoms with Gasteiger partial charge in [-0.2, -0.15) is 0 Å².